The predicted octanol–water partition coefficient (Wildman–Crippen LogP) is 4.13. The van der Waals surface area contributed by atoms with Crippen LogP contribution in [0.15, 0.2) is 61.1 Å². The fourth-order valence-corrected chi connectivity index (χ4v) is 4.27. The fraction of sp³-hybridized carbons (Fsp3) is 0.280. The zero-order chi connectivity index (χ0) is 22.1. The number of hydrogen-bond donors (Lipinski definition) is 0. The summed E-state index contributed by atoms with van der Waals surface area (Å²) in [4.78, 5) is 23.8. The molecule has 7 heteroatoms. The van der Waals surface area contributed by atoms with Gasteiger partial charge in [0, 0.05) is 43.2 Å². The molecule has 32 heavy (non-hydrogen) atoms. The number of rotatable bonds is 4. The number of ether oxygens (including phenoxy) is 1. The molecular weight excluding hydrogens is 402 g/mol. The van der Waals surface area contributed by atoms with Crippen LogP contribution in [-0.4, -0.2) is 50.6 Å². The van der Waals surface area contributed by atoms with E-state index < -0.39 is 0 Å². The summed E-state index contributed by atoms with van der Waals surface area (Å²) < 4.78 is 7.17. The van der Waals surface area contributed by atoms with E-state index in [9.17, 15) is 4.79 Å². The summed E-state index contributed by atoms with van der Waals surface area (Å²) in [7, 11) is 1.67. The second-order valence-corrected chi connectivity index (χ2v) is 8.26. The molecular formula is C25H25N5O2. The maximum Gasteiger partial charge on any atom is 0.255 e. The van der Waals surface area contributed by atoms with Gasteiger partial charge >= 0.3 is 0 Å². The molecule has 0 radical (unpaired) electrons. The predicted molar refractivity (Wildman–Crippen MR) is 122 cm³/mol. The molecule has 1 amide bonds. The molecule has 0 aliphatic carbocycles. The van der Waals surface area contributed by atoms with Crippen molar-refractivity contribution in [3.63, 3.8) is 0 Å². The van der Waals surface area contributed by atoms with Crippen LogP contribution in [0.3, 0.4) is 0 Å². The maximum atomic E-state index is 13.0. The van der Waals surface area contributed by atoms with E-state index in [-0.39, 0.29) is 11.8 Å². The normalized spacial score (nSPS) is 16.3. The lowest BCUT2D eigenvalue weighted by molar-refractivity contribution is 0.0704. The molecule has 1 aliphatic rings. The first-order valence-corrected chi connectivity index (χ1v) is 10.8. The van der Waals surface area contributed by atoms with Crippen LogP contribution in [0, 0.1) is 6.92 Å². The smallest absolute Gasteiger partial charge is 0.255 e. The average Bonchev–Trinajstić information content (AvgIpc) is 3.27. The van der Waals surface area contributed by atoms with E-state index in [2.05, 4.69) is 4.98 Å². The minimum absolute atomic E-state index is 0.0231. The maximum absolute atomic E-state index is 13.0. The van der Waals surface area contributed by atoms with Crippen molar-refractivity contribution >= 4 is 11.6 Å². The Morgan fingerprint density at radius 2 is 2.03 bits per heavy atom. The Morgan fingerprint density at radius 3 is 2.88 bits per heavy atom. The number of nitrogens with zero attached hydrogens (tertiary/aromatic N) is 5. The van der Waals surface area contributed by atoms with Crippen molar-refractivity contribution in [1.82, 2.24) is 24.5 Å². The molecule has 5 rings (SSSR count). The number of benzene rings is 1. The van der Waals surface area contributed by atoms with Gasteiger partial charge in [0.15, 0.2) is 11.5 Å². The van der Waals surface area contributed by atoms with Crippen LogP contribution in [0.4, 0.5) is 0 Å². The second-order valence-electron chi connectivity index (χ2n) is 8.26. The number of fused-ring (bicyclic) bond motifs is 1. The number of aromatic nitrogens is 4. The van der Waals surface area contributed by atoms with Crippen LogP contribution in [0.25, 0.3) is 16.8 Å². The van der Waals surface area contributed by atoms with Crippen LogP contribution in [0.2, 0.25) is 0 Å². The van der Waals surface area contributed by atoms with E-state index in [1.165, 1.54) is 0 Å². The van der Waals surface area contributed by atoms with Gasteiger partial charge in [-0.25, -0.2) is 9.50 Å². The molecule has 0 saturated carbocycles. The Balaban J connectivity index is 1.38. The highest BCUT2D eigenvalue weighted by molar-refractivity contribution is 5.94. The van der Waals surface area contributed by atoms with Crippen LogP contribution in [0.1, 0.15) is 40.5 Å². The van der Waals surface area contributed by atoms with Crippen LogP contribution >= 0.6 is 0 Å². The van der Waals surface area contributed by atoms with Gasteiger partial charge in [-0.15, -0.1) is 0 Å². The number of amides is 1. The van der Waals surface area contributed by atoms with Crippen molar-refractivity contribution in [3.8, 4) is 16.9 Å². The summed E-state index contributed by atoms with van der Waals surface area (Å²) in [5.41, 5.74) is 4.53. The Morgan fingerprint density at radius 1 is 1.12 bits per heavy atom. The largest absolute Gasteiger partial charge is 0.497 e. The first-order chi connectivity index (χ1) is 15.6. The fourth-order valence-electron chi connectivity index (χ4n) is 4.27. The first kappa shape index (κ1) is 20.2. The molecule has 1 aromatic carbocycles. The summed E-state index contributed by atoms with van der Waals surface area (Å²) in [6.45, 7) is 3.31. The van der Waals surface area contributed by atoms with Gasteiger partial charge in [0.1, 0.15) is 5.75 Å². The summed E-state index contributed by atoms with van der Waals surface area (Å²) in [6.07, 6.45) is 7.29. The van der Waals surface area contributed by atoms with Crippen molar-refractivity contribution in [2.75, 3.05) is 20.2 Å². The summed E-state index contributed by atoms with van der Waals surface area (Å²) in [6, 6.07) is 13.9. The molecule has 1 atom stereocenters. The van der Waals surface area contributed by atoms with Crippen LogP contribution in [0.5, 0.6) is 5.75 Å². The summed E-state index contributed by atoms with van der Waals surface area (Å²) in [5, 5.41) is 4.77. The number of methoxy groups -OCH3 is 1. The molecule has 0 bridgehead atoms. The highest BCUT2D eigenvalue weighted by atomic mass is 16.5. The van der Waals surface area contributed by atoms with Crippen molar-refractivity contribution in [2.45, 2.75) is 25.7 Å². The lowest BCUT2D eigenvalue weighted by Crippen LogP contribution is -2.39. The highest BCUT2D eigenvalue weighted by Gasteiger charge is 2.28. The third-order valence-electron chi connectivity index (χ3n) is 5.95. The van der Waals surface area contributed by atoms with Gasteiger partial charge in [0.25, 0.3) is 5.91 Å². The Kier molecular flexibility index (Phi) is 5.31. The molecule has 0 spiro atoms. The quantitative estimate of drug-likeness (QED) is 0.490. The molecule has 162 valence electrons. The SMILES string of the molecule is COc1cccc(-c2ccc3nc([C@@H]4CCCN(C(=O)c5cncc(C)c5)C4)nn3c2)c1. The standard InChI is InChI=1S/C25H25N5O2/c1-17-11-21(14-26-13-17)25(31)29-10-4-6-20(15-29)24-27-23-9-8-19(16-30(23)28-24)18-5-3-7-22(12-18)32-2/h3,5,7-9,11-14,16,20H,4,6,10,15H2,1-2H3/t20-/m1/s1. The Labute approximate surface area is 186 Å². The number of carbonyl (C=O) groups excluding carboxylic acids is 1. The molecule has 0 N–H and O–H groups in total. The van der Waals surface area contributed by atoms with E-state index in [1.807, 2.05) is 65.0 Å². The second kappa shape index (κ2) is 8.42. The number of likely N-dealkylation sites (tertiary alicyclic amines) is 1. The topological polar surface area (TPSA) is 72.6 Å². The van der Waals surface area contributed by atoms with Gasteiger partial charge in [-0.05, 0) is 61.2 Å². The van der Waals surface area contributed by atoms with Gasteiger partial charge in [-0.3, -0.25) is 9.78 Å². The van der Waals surface area contributed by atoms with Gasteiger partial charge in [0.2, 0.25) is 0 Å². The third-order valence-corrected chi connectivity index (χ3v) is 5.95. The van der Waals surface area contributed by atoms with Gasteiger partial charge in [0.05, 0.1) is 12.7 Å². The van der Waals surface area contributed by atoms with Crippen molar-refractivity contribution in [3.05, 3.63) is 78.0 Å². The van der Waals surface area contributed by atoms with Crippen molar-refractivity contribution in [2.24, 2.45) is 0 Å². The molecule has 4 aromatic rings. The third kappa shape index (κ3) is 3.93. The van der Waals surface area contributed by atoms with Gasteiger partial charge < -0.3 is 9.64 Å². The minimum atomic E-state index is 0.0231. The van der Waals surface area contributed by atoms with Gasteiger partial charge in [-0.1, -0.05) is 12.1 Å². The number of pyridine rings is 2. The van der Waals surface area contributed by atoms with Crippen molar-refractivity contribution in [1.29, 1.82) is 0 Å². The first-order valence-electron chi connectivity index (χ1n) is 10.8. The zero-order valence-corrected chi connectivity index (χ0v) is 18.2. The average molecular weight is 428 g/mol. The Hall–Kier alpha value is -3.74. The van der Waals surface area contributed by atoms with Gasteiger partial charge in [-0.2, -0.15) is 5.10 Å². The number of piperidine rings is 1. The number of aryl methyl sites for hydroxylation is 1. The molecule has 0 unspecified atom stereocenters. The minimum Gasteiger partial charge on any atom is -0.497 e. The zero-order valence-electron chi connectivity index (χ0n) is 18.2. The van der Waals surface area contributed by atoms with E-state index in [4.69, 9.17) is 14.8 Å². The lowest BCUT2D eigenvalue weighted by atomic mass is 9.97. The molecule has 4 heterocycles. The van der Waals surface area contributed by atoms with E-state index in [0.29, 0.717) is 12.1 Å². The number of hydrogen-bond acceptors (Lipinski definition) is 5. The molecule has 1 fully saturated rings. The molecule has 7 nitrogen and oxygen atoms in total. The summed E-state index contributed by atoms with van der Waals surface area (Å²) in [5.74, 6) is 1.74. The van der Waals surface area contributed by atoms with E-state index in [1.54, 1.807) is 19.5 Å². The summed E-state index contributed by atoms with van der Waals surface area (Å²) >= 11 is 0. The molecule has 1 saturated heterocycles. The van der Waals surface area contributed by atoms with E-state index >= 15 is 0 Å². The molecule has 1 aliphatic heterocycles. The van der Waals surface area contributed by atoms with Crippen LogP contribution in [-0.2, 0) is 0 Å². The lowest BCUT2D eigenvalue weighted by Gasteiger charge is -2.31. The van der Waals surface area contributed by atoms with Crippen LogP contribution < -0.4 is 4.74 Å². The van der Waals surface area contributed by atoms with Crippen molar-refractivity contribution < 1.29 is 9.53 Å². The monoisotopic (exact) mass is 427 g/mol. The highest BCUT2D eigenvalue weighted by Crippen LogP contribution is 2.28. The number of carbonyl (C=O) groups is 1. The Bertz CT molecular complexity index is 1280. The molecule has 3 aromatic heterocycles. The van der Waals surface area contributed by atoms with E-state index in [0.717, 1.165) is 53.3 Å².